The minimum absolute atomic E-state index is 0.141. The Morgan fingerprint density at radius 2 is 1.73 bits per heavy atom. The highest BCUT2D eigenvalue weighted by molar-refractivity contribution is 7.13. The lowest BCUT2D eigenvalue weighted by Gasteiger charge is -2.30. The number of hydrogen-bond acceptors (Lipinski definition) is 7. The predicted octanol–water partition coefficient (Wildman–Crippen LogP) is 4.58. The zero-order valence-electron chi connectivity index (χ0n) is 23.6. The number of amides is 2. The van der Waals surface area contributed by atoms with Crippen molar-refractivity contribution in [2.45, 2.75) is 53.3 Å². The number of alkyl halides is 1. The van der Waals surface area contributed by atoms with Crippen LogP contribution >= 0.6 is 11.3 Å². The summed E-state index contributed by atoms with van der Waals surface area (Å²) in [5.74, 6) is -4.54. The number of hydrogen-bond donors (Lipinski definition) is 4. The van der Waals surface area contributed by atoms with Crippen LogP contribution in [0.2, 0.25) is 0 Å². The zero-order chi connectivity index (χ0) is 31.5. The van der Waals surface area contributed by atoms with Crippen LogP contribution in [-0.4, -0.2) is 75.1 Å². The van der Waals surface area contributed by atoms with Crippen LogP contribution in [0.1, 0.15) is 61.2 Å². The van der Waals surface area contributed by atoms with Gasteiger partial charge in [0.15, 0.2) is 11.6 Å². The number of halogens is 2. The fourth-order valence-corrected chi connectivity index (χ4v) is 4.09. The third kappa shape index (κ3) is 11.9. The number of ether oxygens (including phenoxy) is 1. The highest BCUT2D eigenvalue weighted by atomic mass is 32.1. The number of esters is 1. The second-order valence-corrected chi connectivity index (χ2v) is 11.0. The van der Waals surface area contributed by atoms with Crippen LogP contribution in [0.3, 0.4) is 0 Å². The van der Waals surface area contributed by atoms with E-state index in [1.165, 1.54) is 23.1 Å². The van der Waals surface area contributed by atoms with Gasteiger partial charge in [-0.1, -0.05) is 20.8 Å². The number of nitrogens with two attached hydrogens (primary N) is 1. The summed E-state index contributed by atoms with van der Waals surface area (Å²) < 4.78 is 31.2. The molecule has 0 aliphatic rings. The molecule has 0 radical (unpaired) electrons. The maximum atomic E-state index is 14.2. The Morgan fingerprint density at radius 3 is 2.20 bits per heavy atom. The molecular weight excluding hydrogens is 562 g/mol. The van der Waals surface area contributed by atoms with Gasteiger partial charge in [0.25, 0.3) is 0 Å². The summed E-state index contributed by atoms with van der Waals surface area (Å²) in [4.78, 5) is 50.2. The molecule has 0 atom stereocenters. The molecule has 11 nitrogen and oxygen atoms in total. The summed E-state index contributed by atoms with van der Waals surface area (Å²) in [6, 6.07) is 6.44. The normalized spacial score (nSPS) is 10.8. The molecule has 0 saturated heterocycles. The summed E-state index contributed by atoms with van der Waals surface area (Å²) in [5, 5.41) is 24.4. The topological polar surface area (TPSA) is 174 Å². The lowest BCUT2D eigenvalue weighted by atomic mass is 10.2. The van der Waals surface area contributed by atoms with E-state index in [2.05, 4.69) is 0 Å². The summed E-state index contributed by atoms with van der Waals surface area (Å²) in [7, 11) is 0. The van der Waals surface area contributed by atoms with E-state index in [9.17, 15) is 28.0 Å². The summed E-state index contributed by atoms with van der Waals surface area (Å²) in [6.07, 6.45) is 0.619. The van der Waals surface area contributed by atoms with Crippen molar-refractivity contribution in [1.29, 1.82) is 5.41 Å². The Hall–Kier alpha value is -4.07. The van der Waals surface area contributed by atoms with Crippen LogP contribution in [0.5, 0.6) is 5.75 Å². The van der Waals surface area contributed by atoms with Crippen LogP contribution in [0.4, 0.5) is 13.6 Å². The van der Waals surface area contributed by atoms with Gasteiger partial charge >= 0.3 is 23.9 Å². The number of carboxylic acid groups (broad SMARTS) is 2. The first kappa shape index (κ1) is 35.0. The Bertz CT molecular complexity index is 1240. The van der Waals surface area contributed by atoms with Gasteiger partial charge in [0.1, 0.15) is 17.3 Å². The highest BCUT2D eigenvalue weighted by Crippen LogP contribution is 2.24. The van der Waals surface area contributed by atoms with Crippen LogP contribution in [0.15, 0.2) is 30.3 Å². The lowest BCUT2D eigenvalue weighted by Crippen LogP contribution is -2.46. The number of rotatable bonds is 12. The highest BCUT2D eigenvalue weighted by Gasteiger charge is 2.25. The number of aliphatic carboxylic acids is 2. The first-order chi connectivity index (χ1) is 19.0. The van der Waals surface area contributed by atoms with E-state index in [1.54, 1.807) is 11.0 Å². The van der Waals surface area contributed by atoms with Crippen molar-refractivity contribution in [2.75, 3.05) is 19.6 Å². The van der Waals surface area contributed by atoms with Gasteiger partial charge in [-0.2, -0.15) is 0 Å². The Kier molecular flexibility index (Phi) is 13.3. The van der Waals surface area contributed by atoms with E-state index in [0.29, 0.717) is 24.4 Å². The van der Waals surface area contributed by atoms with Gasteiger partial charge in [-0.05, 0) is 56.5 Å². The molecule has 5 N–H and O–H groups in total. The maximum Gasteiger partial charge on any atom is 0.353 e. The number of carbonyl (C=O) groups is 4. The number of carbonyl (C=O) groups excluding carboxylic acids is 2. The second-order valence-electron chi connectivity index (χ2n) is 9.86. The van der Waals surface area contributed by atoms with Gasteiger partial charge in [-0.3, -0.25) is 10.2 Å². The molecule has 226 valence electrons. The van der Waals surface area contributed by atoms with Crippen molar-refractivity contribution < 1.29 is 42.9 Å². The van der Waals surface area contributed by atoms with Crippen LogP contribution < -0.4 is 10.5 Å². The number of urea groups is 1. The first-order valence-corrected chi connectivity index (χ1v) is 13.4. The number of carboxylic acids is 2. The van der Waals surface area contributed by atoms with Gasteiger partial charge in [0, 0.05) is 23.5 Å². The van der Waals surface area contributed by atoms with E-state index in [0.717, 1.165) is 31.3 Å². The number of nitrogens with zero attached hydrogens (tertiary/aromatic N) is 2. The molecule has 0 unspecified atom stereocenters. The average molecular weight is 599 g/mol. The van der Waals surface area contributed by atoms with Crippen molar-refractivity contribution in [3.63, 3.8) is 0 Å². The van der Waals surface area contributed by atoms with Gasteiger partial charge < -0.3 is 30.5 Å². The lowest BCUT2D eigenvalue weighted by molar-refractivity contribution is -0.148. The predicted molar refractivity (Wildman–Crippen MR) is 150 cm³/mol. The number of benzene rings is 1. The van der Waals surface area contributed by atoms with Crippen LogP contribution in [-0.2, 0) is 16.1 Å². The molecule has 1 heterocycles. The fourth-order valence-electron chi connectivity index (χ4n) is 3.19. The average Bonchev–Trinajstić information content (AvgIpc) is 3.32. The second kappa shape index (κ2) is 15.6. The minimum atomic E-state index is -2.08. The van der Waals surface area contributed by atoms with E-state index < -0.39 is 35.9 Å². The van der Waals surface area contributed by atoms with Crippen LogP contribution in [0.25, 0.3) is 0 Å². The molecule has 14 heteroatoms. The van der Waals surface area contributed by atoms with Crippen LogP contribution in [0, 0.1) is 17.1 Å². The smallest absolute Gasteiger partial charge is 0.353 e. The molecule has 2 aromatic rings. The molecule has 2 rings (SSSR count). The maximum absolute atomic E-state index is 14.2. The SMILES string of the molecule is CC(C)(F)C(=O)O.CCCN(CC(=O)O)C(=O)N(Cc1ccc(C(=O)Oc2ccc(C(=N)N)cc2F)s1)CC(C)C. The minimum Gasteiger partial charge on any atom is -0.480 e. The third-order valence-corrected chi connectivity index (χ3v) is 6.16. The Balaban J connectivity index is 0.00000106. The molecule has 0 fully saturated rings. The number of nitrogens with one attached hydrogen (secondary N) is 1. The van der Waals surface area contributed by atoms with Crippen molar-refractivity contribution in [2.24, 2.45) is 11.7 Å². The number of amidine groups is 1. The molecular formula is C27H36F2N4O7S. The molecule has 41 heavy (non-hydrogen) atoms. The van der Waals surface area contributed by atoms with Crippen molar-refractivity contribution in [1.82, 2.24) is 9.80 Å². The molecule has 1 aromatic heterocycles. The molecule has 0 spiro atoms. The van der Waals surface area contributed by atoms with E-state index in [-0.39, 0.29) is 40.5 Å². The Labute approximate surface area is 241 Å². The Morgan fingerprint density at radius 1 is 1.12 bits per heavy atom. The van der Waals surface area contributed by atoms with Crippen molar-refractivity contribution in [3.8, 4) is 5.75 Å². The summed E-state index contributed by atoms with van der Waals surface area (Å²) in [5.41, 5.74) is 3.42. The monoisotopic (exact) mass is 598 g/mol. The van der Waals surface area contributed by atoms with Crippen molar-refractivity contribution in [3.05, 3.63) is 51.5 Å². The number of nitrogen functional groups attached to an aromatic ring is 1. The zero-order valence-corrected chi connectivity index (χ0v) is 24.4. The molecule has 1 aromatic carbocycles. The van der Waals surface area contributed by atoms with Crippen molar-refractivity contribution >= 4 is 41.1 Å². The summed E-state index contributed by atoms with van der Waals surface area (Å²) >= 11 is 1.11. The first-order valence-electron chi connectivity index (χ1n) is 12.6. The molecule has 0 bridgehead atoms. The van der Waals surface area contributed by atoms with E-state index in [4.69, 9.17) is 26.1 Å². The molecule has 0 saturated carbocycles. The van der Waals surface area contributed by atoms with Gasteiger partial charge in [0.2, 0.25) is 5.67 Å². The van der Waals surface area contributed by atoms with E-state index >= 15 is 0 Å². The van der Waals surface area contributed by atoms with Gasteiger partial charge in [0.05, 0.1) is 6.54 Å². The van der Waals surface area contributed by atoms with Gasteiger partial charge in [-0.25, -0.2) is 23.2 Å². The van der Waals surface area contributed by atoms with E-state index in [1.807, 2.05) is 20.8 Å². The molecule has 0 aliphatic heterocycles. The third-order valence-electron chi connectivity index (χ3n) is 5.11. The standard InChI is InChI=1S/C23H29FN4O5S.C4H7FO2/c1-4-9-27(13-20(29)30)23(32)28(11-14(2)3)12-16-6-8-19(34-16)22(31)33-18-7-5-15(21(25)26)10-17(18)24;1-4(2,5)3(6)7/h5-8,10,14H,4,9,11-13H2,1-3H3,(H3,25,26)(H,29,30);1-2H3,(H,6,7). The summed E-state index contributed by atoms with van der Waals surface area (Å²) in [6.45, 7) is 8.27. The quantitative estimate of drug-likeness (QED) is 0.119. The van der Waals surface area contributed by atoms with Gasteiger partial charge in [-0.15, -0.1) is 11.3 Å². The fraction of sp³-hybridized carbons (Fsp3) is 0.444. The number of thiophene rings is 1. The molecule has 0 aliphatic carbocycles. The largest absolute Gasteiger partial charge is 0.480 e. The molecule has 2 amide bonds.